The molecule has 5 nitrogen and oxygen atoms in total. The van der Waals surface area contributed by atoms with E-state index in [1.165, 1.54) is 12.8 Å². The Labute approximate surface area is 123 Å². The van der Waals surface area contributed by atoms with Crippen LogP contribution in [0.25, 0.3) is 0 Å². The molecule has 2 rings (SSSR count). The van der Waals surface area contributed by atoms with Crippen LogP contribution < -0.4 is 10.6 Å². The van der Waals surface area contributed by atoms with Crippen LogP contribution in [-0.4, -0.2) is 35.3 Å². The molecule has 1 aliphatic rings. The van der Waals surface area contributed by atoms with E-state index < -0.39 is 0 Å². The monoisotopic (exact) mass is 297 g/mol. The van der Waals surface area contributed by atoms with Gasteiger partial charge in [-0.25, -0.2) is 0 Å². The van der Waals surface area contributed by atoms with Gasteiger partial charge in [0, 0.05) is 18.2 Å². The molecular weight excluding hydrogens is 278 g/mol. The van der Waals surface area contributed by atoms with E-state index in [0.29, 0.717) is 23.2 Å². The summed E-state index contributed by atoms with van der Waals surface area (Å²) in [6.45, 7) is 0.655. The summed E-state index contributed by atoms with van der Waals surface area (Å²) < 4.78 is 0. The minimum atomic E-state index is 0.0352. The number of benzene rings is 1. The number of halogens is 1. The number of amidine groups is 1. The van der Waals surface area contributed by atoms with Crippen molar-refractivity contribution >= 4 is 23.1 Å². The van der Waals surface area contributed by atoms with Gasteiger partial charge in [-0.15, -0.1) is 0 Å². The Morgan fingerprint density at radius 1 is 1.40 bits per heavy atom. The molecule has 1 saturated carbocycles. The third-order valence-electron chi connectivity index (χ3n) is 3.77. The average molecular weight is 298 g/mol. The van der Waals surface area contributed by atoms with Gasteiger partial charge in [0.05, 0.1) is 17.3 Å². The van der Waals surface area contributed by atoms with Crippen molar-refractivity contribution in [2.45, 2.75) is 31.7 Å². The van der Waals surface area contributed by atoms with Crippen molar-refractivity contribution in [1.29, 1.82) is 0 Å². The maximum atomic E-state index is 9.27. The van der Waals surface area contributed by atoms with E-state index in [-0.39, 0.29) is 12.4 Å². The van der Waals surface area contributed by atoms with Gasteiger partial charge < -0.3 is 20.9 Å². The topological polar surface area (TPSA) is 82.1 Å². The van der Waals surface area contributed by atoms with Crippen LogP contribution in [0.2, 0.25) is 5.02 Å². The number of aliphatic hydroxyl groups excluding tert-OH is 1. The minimum absolute atomic E-state index is 0.0352. The van der Waals surface area contributed by atoms with E-state index in [9.17, 15) is 5.11 Å². The number of nitrogens with zero attached hydrogens (tertiary/aromatic N) is 2. The molecule has 0 unspecified atom stereocenters. The highest BCUT2D eigenvalue weighted by atomic mass is 35.5. The molecule has 20 heavy (non-hydrogen) atoms. The molecule has 4 N–H and O–H groups in total. The standard InChI is InChI=1S/C14H20ClN3O2/c15-12-9-10(14(16)17-20)5-6-13(12)18(7-8-19)11-3-1-2-4-11/h5-6,9,11,19-20H,1-4,7-8H2,(H2,16,17). The van der Waals surface area contributed by atoms with Gasteiger partial charge in [0.1, 0.15) is 0 Å². The van der Waals surface area contributed by atoms with Crippen LogP contribution in [0.4, 0.5) is 5.69 Å². The Kier molecular flexibility index (Phi) is 5.09. The first-order valence-electron chi connectivity index (χ1n) is 6.82. The largest absolute Gasteiger partial charge is 0.409 e. The lowest BCUT2D eigenvalue weighted by atomic mass is 10.1. The Morgan fingerprint density at radius 3 is 2.65 bits per heavy atom. The van der Waals surface area contributed by atoms with E-state index >= 15 is 0 Å². The Balaban J connectivity index is 2.28. The van der Waals surface area contributed by atoms with Gasteiger partial charge in [-0.1, -0.05) is 29.6 Å². The van der Waals surface area contributed by atoms with Gasteiger partial charge in [0.25, 0.3) is 0 Å². The van der Waals surface area contributed by atoms with Crippen LogP contribution in [0.15, 0.2) is 23.4 Å². The minimum Gasteiger partial charge on any atom is -0.409 e. The van der Waals surface area contributed by atoms with Gasteiger partial charge in [-0.2, -0.15) is 0 Å². The highest BCUT2D eigenvalue weighted by Crippen LogP contribution is 2.33. The van der Waals surface area contributed by atoms with Gasteiger partial charge in [-0.05, 0) is 31.0 Å². The van der Waals surface area contributed by atoms with E-state index in [0.717, 1.165) is 18.5 Å². The smallest absolute Gasteiger partial charge is 0.170 e. The molecule has 1 aliphatic carbocycles. The molecular formula is C14H20ClN3O2. The van der Waals surface area contributed by atoms with Gasteiger partial charge in [-0.3, -0.25) is 0 Å². The Morgan fingerprint density at radius 2 is 2.10 bits per heavy atom. The molecule has 0 atom stereocenters. The molecule has 0 radical (unpaired) electrons. The van der Waals surface area contributed by atoms with Gasteiger partial charge in [0.15, 0.2) is 5.84 Å². The molecule has 0 saturated heterocycles. The van der Waals surface area contributed by atoms with Crippen molar-refractivity contribution in [2.75, 3.05) is 18.1 Å². The third-order valence-corrected chi connectivity index (χ3v) is 4.07. The number of hydrogen-bond acceptors (Lipinski definition) is 4. The Hall–Kier alpha value is -1.46. The normalized spacial score (nSPS) is 16.6. The first kappa shape index (κ1) is 14.9. The SMILES string of the molecule is NC(=NO)c1ccc(N(CCO)C2CCCC2)c(Cl)c1. The number of hydrogen-bond donors (Lipinski definition) is 3. The molecule has 0 aromatic heterocycles. The van der Waals surface area contributed by atoms with Crippen LogP contribution in [0.1, 0.15) is 31.2 Å². The molecule has 0 amide bonds. The zero-order valence-corrected chi connectivity index (χ0v) is 12.1. The van der Waals surface area contributed by atoms with Crippen molar-refractivity contribution in [3.63, 3.8) is 0 Å². The lowest BCUT2D eigenvalue weighted by molar-refractivity contribution is 0.297. The van der Waals surface area contributed by atoms with E-state index in [2.05, 4.69) is 10.1 Å². The van der Waals surface area contributed by atoms with E-state index in [4.69, 9.17) is 22.5 Å². The first-order chi connectivity index (χ1) is 9.67. The molecule has 0 heterocycles. The number of anilines is 1. The second-order valence-corrected chi connectivity index (χ2v) is 5.41. The quantitative estimate of drug-likeness (QED) is 0.337. The van der Waals surface area contributed by atoms with Crippen molar-refractivity contribution in [2.24, 2.45) is 10.9 Å². The fourth-order valence-corrected chi connectivity index (χ4v) is 3.07. The fourth-order valence-electron chi connectivity index (χ4n) is 2.78. The maximum Gasteiger partial charge on any atom is 0.170 e. The fraction of sp³-hybridized carbons (Fsp3) is 0.500. The third kappa shape index (κ3) is 3.16. The summed E-state index contributed by atoms with van der Waals surface area (Å²) in [4.78, 5) is 2.16. The predicted octanol–water partition coefficient (Wildman–Crippen LogP) is 2.18. The van der Waals surface area contributed by atoms with E-state index in [1.807, 2.05) is 6.07 Å². The second kappa shape index (κ2) is 6.81. The molecule has 6 heteroatoms. The van der Waals surface area contributed by atoms with Crippen LogP contribution in [-0.2, 0) is 0 Å². The summed E-state index contributed by atoms with van der Waals surface area (Å²) in [5, 5.41) is 21.5. The van der Waals surface area contributed by atoms with Crippen LogP contribution in [0, 0.1) is 0 Å². The van der Waals surface area contributed by atoms with E-state index in [1.54, 1.807) is 12.1 Å². The molecule has 0 aliphatic heterocycles. The molecule has 0 spiro atoms. The summed E-state index contributed by atoms with van der Waals surface area (Å²) in [7, 11) is 0. The predicted molar refractivity (Wildman–Crippen MR) is 80.7 cm³/mol. The van der Waals surface area contributed by atoms with Crippen LogP contribution in [0.3, 0.4) is 0 Å². The summed E-state index contributed by atoms with van der Waals surface area (Å²) in [5.74, 6) is 0.0352. The number of nitrogens with two attached hydrogens (primary N) is 1. The van der Waals surface area contributed by atoms with Crippen molar-refractivity contribution in [3.8, 4) is 0 Å². The summed E-state index contributed by atoms with van der Waals surface area (Å²) in [6, 6.07) is 5.75. The number of oxime groups is 1. The maximum absolute atomic E-state index is 9.27. The molecule has 110 valence electrons. The molecule has 1 fully saturated rings. The molecule has 0 bridgehead atoms. The Bertz CT molecular complexity index is 487. The van der Waals surface area contributed by atoms with Crippen molar-refractivity contribution < 1.29 is 10.3 Å². The number of aliphatic hydroxyl groups is 1. The lowest BCUT2D eigenvalue weighted by Crippen LogP contribution is -2.36. The molecule has 1 aromatic carbocycles. The highest BCUT2D eigenvalue weighted by molar-refractivity contribution is 6.33. The zero-order valence-electron chi connectivity index (χ0n) is 11.3. The highest BCUT2D eigenvalue weighted by Gasteiger charge is 2.24. The first-order valence-corrected chi connectivity index (χ1v) is 7.20. The summed E-state index contributed by atoms with van der Waals surface area (Å²) >= 11 is 6.32. The second-order valence-electron chi connectivity index (χ2n) is 5.01. The van der Waals surface area contributed by atoms with Gasteiger partial charge in [0.2, 0.25) is 0 Å². The van der Waals surface area contributed by atoms with Crippen LogP contribution in [0.5, 0.6) is 0 Å². The van der Waals surface area contributed by atoms with Crippen molar-refractivity contribution in [3.05, 3.63) is 28.8 Å². The molecule has 1 aromatic rings. The van der Waals surface area contributed by atoms with Crippen molar-refractivity contribution in [1.82, 2.24) is 0 Å². The lowest BCUT2D eigenvalue weighted by Gasteiger charge is -2.31. The van der Waals surface area contributed by atoms with Crippen LogP contribution >= 0.6 is 11.6 Å². The average Bonchev–Trinajstić information content (AvgIpc) is 2.98. The number of rotatable bonds is 5. The zero-order chi connectivity index (χ0) is 14.5. The summed E-state index contributed by atoms with van der Waals surface area (Å²) in [5.41, 5.74) is 7.03. The van der Waals surface area contributed by atoms with Gasteiger partial charge >= 0.3 is 0 Å². The summed E-state index contributed by atoms with van der Waals surface area (Å²) in [6.07, 6.45) is 4.68.